The Balaban J connectivity index is 1.62. The quantitative estimate of drug-likeness (QED) is 0.343. The van der Waals surface area contributed by atoms with Gasteiger partial charge in [-0.05, 0) is 54.4 Å². The number of ether oxygens (including phenoxy) is 1. The fraction of sp³-hybridized carbons (Fsp3) is 0.174. The van der Waals surface area contributed by atoms with Crippen molar-refractivity contribution in [1.29, 1.82) is 0 Å². The average molecular weight is 482 g/mol. The molecule has 0 aliphatic heterocycles. The Bertz CT molecular complexity index is 1150. The van der Waals surface area contributed by atoms with Gasteiger partial charge in [0.2, 0.25) is 5.91 Å². The topological polar surface area (TPSA) is 55.3 Å². The zero-order valence-corrected chi connectivity index (χ0v) is 18.8. The Kier molecular flexibility index (Phi) is 6.40. The highest BCUT2D eigenvalue weighted by atomic mass is 79.9. The van der Waals surface area contributed by atoms with E-state index in [1.807, 2.05) is 61.5 Å². The molecular formula is C23H20BrN3O2S. The first-order valence-corrected chi connectivity index (χ1v) is 11.2. The summed E-state index contributed by atoms with van der Waals surface area (Å²) in [6.07, 6.45) is 3.79. The van der Waals surface area contributed by atoms with E-state index in [1.54, 1.807) is 17.3 Å². The molecular weight excluding hydrogens is 462 g/mol. The zero-order valence-electron chi connectivity index (χ0n) is 16.4. The lowest BCUT2D eigenvalue weighted by Crippen LogP contribution is -2.31. The zero-order chi connectivity index (χ0) is 20.9. The lowest BCUT2D eigenvalue weighted by Gasteiger charge is -2.20. The highest BCUT2D eigenvalue weighted by molar-refractivity contribution is 9.10. The van der Waals surface area contributed by atoms with Gasteiger partial charge in [0.1, 0.15) is 5.75 Å². The number of halogens is 1. The smallest absolute Gasteiger partial charge is 0.233 e. The van der Waals surface area contributed by atoms with Gasteiger partial charge in [0, 0.05) is 16.9 Å². The van der Waals surface area contributed by atoms with E-state index in [-0.39, 0.29) is 12.3 Å². The molecule has 0 saturated carbocycles. The van der Waals surface area contributed by atoms with Gasteiger partial charge in [-0.25, -0.2) is 4.98 Å². The summed E-state index contributed by atoms with van der Waals surface area (Å²) < 4.78 is 7.51. The number of hydrogen-bond acceptors (Lipinski definition) is 5. The molecule has 0 saturated heterocycles. The van der Waals surface area contributed by atoms with Crippen molar-refractivity contribution in [3.8, 4) is 5.75 Å². The van der Waals surface area contributed by atoms with Crippen LogP contribution in [-0.4, -0.2) is 22.5 Å². The third kappa shape index (κ3) is 4.86. The molecule has 0 unspecified atom stereocenters. The molecule has 0 aliphatic rings. The molecule has 0 fully saturated rings. The van der Waals surface area contributed by atoms with Crippen LogP contribution in [0.3, 0.4) is 0 Å². The van der Waals surface area contributed by atoms with Gasteiger partial charge in [-0.2, -0.15) is 0 Å². The predicted molar refractivity (Wildman–Crippen MR) is 124 cm³/mol. The highest BCUT2D eigenvalue weighted by Gasteiger charge is 2.21. The lowest BCUT2D eigenvalue weighted by molar-refractivity contribution is -0.118. The molecule has 152 valence electrons. The van der Waals surface area contributed by atoms with Gasteiger partial charge in [-0.15, -0.1) is 0 Å². The molecule has 2 aromatic carbocycles. The monoisotopic (exact) mass is 481 g/mol. The van der Waals surface area contributed by atoms with Crippen LogP contribution in [0.4, 0.5) is 5.13 Å². The summed E-state index contributed by atoms with van der Waals surface area (Å²) in [5.74, 6) is 0.791. The van der Waals surface area contributed by atoms with Crippen LogP contribution in [0.25, 0.3) is 10.2 Å². The minimum Gasteiger partial charge on any atom is -0.494 e. The summed E-state index contributed by atoms with van der Waals surface area (Å²) in [6, 6.07) is 17.4. The number of nitrogens with zero attached hydrogens (tertiary/aromatic N) is 3. The van der Waals surface area contributed by atoms with Crippen LogP contribution in [0.2, 0.25) is 0 Å². The van der Waals surface area contributed by atoms with E-state index in [9.17, 15) is 4.79 Å². The number of fused-ring (bicyclic) bond motifs is 1. The van der Waals surface area contributed by atoms with E-state index >= 15 is 0 Å². The van der Waals surface area contributed by atoms with E-state index in [0.29, 0.717) is 18.3 Å². The van der Waals surface area contributed by atoms with Crippen LogP contribution >= 0.6 is 27.3 Å². The first-order chi connectivity index (χ1) is 14.6. The third-order valence-corrected chi connectivity index (χ3v) is 6.06. The number of benzene rings is 2. The minimum absolute atomic E-state index is 0.0128. The van der Waals surface area contributed by atoms with Gasteiger partial charge in [0.05, 0.1) is 29.8 Å². The maximum absolute atomic E-state index is 13.3. The number of thiazole rings is 1. The molecule has 2 heterocycles. The number of amides is 1. The van der Waals surface area contributed by atoms with Crippen LogP contribution < -0.4 is 9.64 Å². The van der Waals surface area contributed by atoms with Gasteiger partial charge in [0.15, 0.2) is 5.13 Å². The van der Waals surface area contributed by atoms with Crippen LogP contribution in [-0.2, 0) is 17.8 Å². The summed E-state index contributed by atoms with van der Waals surface area (Å²) in [4.78, 5) is 23.9. The van der Waals surface area contributed by atoms with Gasteiger partial charge >= 0.3 is 0 Å². The molecule has 0 bridgehead atoms. The van der Waals surface area contributed by atoms with Crippen molar-refractivity contribution >= 4 is 48.5 Å². The number of carbonyl (C=O) groups excluding carboxylic acids is 1. The van der Waals surface area contributed by atoms with Crippen molar-refractivity contribution in [2.24, 2.45) is 0 Å². The van der Waals surface area contributed by atoms with Gasteiger partial charge in [0.25, 0.3) is 0 Å². The summed E-state index contributed by atoms with van der Waals surface area (Å²) in [5.41, 5.74) is 2.77. The summed E-state index contributed by atoms with van der Waals surface area (Å²) >= 11 is 5.01. The van der Waals surface area contributed by atoms with Gasteiger partial charge in [-0.1, -0.05) is 45.5 Å². The molecule has 0 N–H and O–H groups in total. The van der Waals surface area contributed by atoms with Crippen molar-refractivity contribution in [3.63, 3.8) is 0 Å². The first kappa shape index (κ1) is 20.5. The molecule has 0 spiro atoms. The second-order valence-corrected chi connectivity index (χ2v) is 8.63. The van der Waals surface area contributed by atoms with E-state index in [4.69, 9.17) is 9.72 Å². The fourth-order valence-corrected chi connectivity index (χ4v) is 4.61. The van der Waals surface area contributed by atoms with Crippen LogP contribution in [0.5, 0.6) is 5.75 Å². The predicted octanol–water partition coefficient (Wildman–Crippen LogP) is 5.63. The second kappa shape index (κ2) is 9.36. The molecule has 7 heteroatoms. The first-order valence-electron chi connectivity index (χ1n) is 9.59. The number of anilines is 1. The number of rotatable bonds is 7. The van der Waals surface area contributed by atoms with Crippen molar-refractivity contribution in [2.75, 3.05) is 11.5 Å². The maximum atomic E-state index is 13.3. The van der Waals surface area contributed by atoms with E-state index in [1.165, 1.54) is 11.3 Å². The van der Waals surface area contributed by atoms with E-state index < -0.39 is 0 Å². The van der Waals surface area contributed by atoms with Crippen LogP contribution in [0.1, 0.15) is 18.1 Å². The Morgan fingerprint density at radius 2 is 1.97 bits per heavy atom. The van der Waals surface area contributed by atoms with Crippen molar-refractivity contribution in [3.05, 3.63) is 82.6 Å². The SMILES string of the molecule is CCOc1ccc(CC(=O)N(Cc2cccnc2)c2nc3ccc(Br)cc3s2)cc1. The summed E-state index contributed by atoms with van der Waals surface area (Å²) in [7, 11) is 0. The molecule has 0 radical (unpaired) electrons. The van der Waals surface area contributed by atoms with E-state index in [2.05, 4.69) is 20.9 Å². The summed E-state index contributed by atoms with van der Waals surface area (Å²) in [6.45, 7) is 2.99. The number of pyridine rings is 1. The number of carbonyl (C=O) groups is 1. The Morgan fingerprint density at radius 1 is 1.13 bits per heavy atom. The van der Waals surface area contributed by atoms with Crippen molar-refractivity contribution in [1.82, 2.24) is 9.97 Å². The van der Waals surface area contributed by atoms with Crippen molar-refractivity contribution in [2.45, 2.75) is 19.9 Å². The Hall–Kier alpha value is -2.77. The largest absolute Gasteiger partial charge is 0.494 e. The van der Waals surface area contributed by atoms with Gasteiger partial charge < -0.3 is 4.74 Å². The Labute approximate surface area is 187 Å². The van der Waals surface area contributed by atoms with Gasteiger partial charge in [-0.3, -0.25) is 14.7 Å². The maximum Gasteiger partial charge on any atom is 0.233 e. The van der Waals surface area contributed by atoms with Crippen LogP contribution in [0, 0.1) is 0 Å². The Morgan fingerprint density at radius 3 is 2.70 bits per heavy atom. The second-order valence-electron chi connectivity index (χ2n) is 6.70. The molecule has 30 heavy (non-hydrogen) atoms. The standard InChI is InChI=1S/C23H20BrN3O2S/c1-2-29-19-8-5-16(6-9-19)12-22(28)27(15-17-4-3-11-25-14-17)23-26-20-10-7-18(24)13-21(20)30-23/h3-11,13-14H,2,12,15H2,1H3. The third-order valence-electron chi connectivity index (χ3n) is 4.52. The normalized spacial score (nSPS) is 10.9. The number of hydrogen-bond donors (Lipinski definition) is 0. The number of aromatic nitrogens is 2. The minimum atomic E-state index is -0.0128. The average Bonchev–Trinajstić information content (AvgIpc) is 3.17. The molecule has 2 aromatic heterocycles. The molecule has 4 aromatic rings. The molecule has 5 nitrogen and oxygen atoms in total. The highest BCUT2D eigenvalue weighted by Crippen LogP contribution is 2.32. The lowest BCUT2D eigenvalue weighted by atomic mass is 10.1. The molecule has 0 atom stereocenters. The summed E-state index contributed by atoms with van der Waals surface area (Å²) in [5, 5.41) is 0.683. The van der Waals surface area contributed by atoms with E-state index in [0.717, 1.165) is 31.6 Å². The fourth-order valence-electron chi connectivity index (χ4n) is 3.08. The molecule has 4 rings (SSSR count). The molecule has 1 amide bonds. The van der Waals surface area contributed by atoms with Crippen LogP contribution in [0.15, 0.2) is 71.5 Å². The van der Waals surface area contributed by atoms with Crippen molar-refractivity contribution < 1.29 is 9.53 Å². The molecule has 0 aliphatic carbocycles.